The van der Waals surface area contributed by atoms with E-state index in [0.717, 1.165) is 43.7 Å². The van der Waals surface area contributed by atoms with Gasteiger partial charge in [-0.15, -0.1) is 5.10 Å². The van der Waals surface area contributed by atoms with E-state index in [9.17, 15) is 4.79 Å². The van der Waals surface area contributed by atoms with E-state index >= 15 is 0 Å². The second-order valence-corrected chi connectivity index (χ2v) is 6.67. The van der Waals surface area contributed by atoms with Crippen molar-refractivity contribution >= 4 is 11.7 Å². The van der Waals surface area contributed by atoms with E-state index in [0.29, 0.717) is 11.7 Å². The van der Waals surface area contributed by atoms with Crippen molar-refractivity contribution in [2.75, 3.05) is 12.4 Å². The molecule has 0 bridgehead atoms. The van der Waals surface area contributed by atoms with E-state index in [-0.39, 0.29) is 11.8 Å². The number of methoxy groups -OCH3 is 1. The van der Waals surface area contributed by atoms with Crippen LogP contribution >= 0.6 is 0 Å². The normalized spacial score (nSPS) is 15.0. The average Bonchev–Trinajstić information content (AvgIpc) is 3.42. The van der Waals surface area contributed by atoms with Crippen LogP contribution in [0.2, 0.25) is 0 Å². The summed E-state index contributed by atoms with van der Waals surface area (Å²) in [6.45, 7) is 4.78. The molecule has 1 heterocycles. The summed E-state index contributed by atoms with van der Waals surface area (Å²) in [7, 11) is 1.66. The molecule has 0 saturated heterocycles. The molecule has 6 heteroatoms. The first kappa shape index (κ1) is 17.5. The van der Waals surface area contributed by atoms with Gasteiger partial charge in [-0.25, -0.2) is 4.68 Å². The number of hydrogen-bond acceptors (Lipinski definition) is 4. The second kappa shape index (κ2) is 7.68. The van der Waals surface area contributed by atoms with Gasteiger partial charge in [0.2, 0.25) is 5.91 Å². The van der Waals surface area contributed by atoms with Crippen LogP contribution in [-0.2, 0) is 24.2 Å². The van der Waals surface area contributed by atoms with Gasteiger partial charge in [-0.05, 0) is 49.3 Å². The highest BCUT2D eigenvalue weighted by Crippen LogP contribution is 2.37. The van der Waals surface area contributed by atoms with E-state index in [1.54, 1.807) is 7.11 Å². The molecule has 0 radical (unpaired) electrons. The summed E-state index contributed by atoms with van der Waals surface area (Å²) in [6.07, 6.45) is 3.95. The first-order valence-electron chi connectivity index (χ1n) is 8.98. The Morgan fingerprint density at radius 1 is 1.36 bits per heavy atom. The number of carbonyl (C=O) groups is 1. The maximum absolute atomic E-state index is 12.3. The Morgan fingerprint density at radius 2 is 2.08 bits per heavy atom. The van der Waals surface area contributed by atoms with Crippen molar-refractivity contribution in [3.8, 4) is 5.75 Å². The first-order valence-corrected chi connectivity index (χ1v) is 8.98. The molecule has 3 rings (SSSR count). The van der Waals surface area contributed by atoms with Gasteiger partial charge in [-0.1, -0.05) is 31.2 Å². The number of aromatic nitrogens is 3. The Kier molecular flexibility index (Phi) is 5.36. The van der Waals surface area contributed by atoms with Crippen molar-refractivity contribution in [2.45, 2.75) is 46.1 Å². The van der Waals surface area contributed by atoms with E-state index in [2.05, 4.69) is 34.7 Å². The fraction of sp³-hybridized carbons (Fsp3) is 0.526. The molecule has 1 saturated carbocycles. The summed E-state index contributed by atoms with van der Waals surface area (Å²) in [5.41, 5.74) is 2.19. The molecule has 2 aromatic rings. The zero-order valence-electron chi connectivity index (χ0n) is 15.2. The summed E-state index contributed by atoms with van der Waals surface area (Å²) >= 11 is 0. The second-order valence-electron chi connectivity index (χ2n) is 6.67. The fourth-order valence-corrected chi connectivity index (χ4v) is 3.03. The molecule has 6 nitrogen and oxygen atoms in total. The largest absolute Gasteiger partial charge is 0.497 e. The molecular weight excluding hydrogens is 316 g/mol. The molecule has 1 atom stereocenters. The minimum absolute atomic E-state index is 0.0501. The maximum Gasteiger partial charge on any atom is 0.228 e. The number of ether oxygens (including phenoxy) is 1. The predicted octanol–water partition coefficient (Wildman–Crippen LogP) is 3.08. The number of nitrogens with one attached hydrogen (secondary N) is 1. The number of anilines is 1. The number of hydrogen-bond donors (Lipinski definition) is 1. The van der Waals surface area contributed by atoms with E-state index < -0.39 is 0 Å². The Labute approximate surface area is 148 Å². The predicted molar refractivity (Wildman–Crippen MR) is 96.6 cm³/mol. The van der Waals surface area contributed by atoms with Crippen LogP contribution < -0.4 is 10.1 Å². The Balaban J connectivity index is 1.63. The lowest BCUT2D eigenvalue weighted by atomic mass is 10.1. The third kappa shape index (κ3) is 4.18. The summed E-state index contributed by atoms with van der Waals surface area (Å²) in [5.74, 6) is 2.10. The standard InChI is InChI=1S/C19H26N4O2/c1-4-17-18(20-19(24)13(2)15-7-8-15)21-22-23(17)12-11-14-5-9-16(25-3)10-6-14/h5-6,9-10,13,15H,4,7-8,11-12H2,1-3H3,(H,20,24). The first-order chi connectivity index (χ1) is 12.1. The van der Waals surface area contributed by atoms with E-state index in [1.807, 2.05) is 23.7 Å². The van der Waals surface area contributed by atoms with Gasteiger partial charge in [0.25, 0.3) is 0 Å². The van der Waals surface area contributed by atoms with Crippen molar-refractivity contribution in [2.24, 2.45) is 11.8 Å². The lowest BCUT2D eigenvalue weighted by Crippen LogP contribution is -2.22. The molecular formula is C19H26N4O2. The van der Waals surface area contributed by atoms with Crippen LogP contribution in [-0.4, -0.2) is 28.0 Å². The molecule has 1 aromatic carbocycles. The molecule has 1 aliphatic carbocycles. The third-order valence-electron chi connectivity index (χ3n) is 4.93. The van der Waals surface area contributed by atoms with Gasteiger partial charge in [-0.3, -0.25) is 4.79 Å². The summed E-state index contributed by atoms with van der Waals surface area (Å²) in [5, 5.41) is 11.4. The van der Waals surface area contributed by atoms with Gasteiger partial charge >= 0.3 is 0 Å². The molecule has 0 aliphatic heterocycles. The highest BCUT2D eigenvalue weighted by molar-refractivity contribution is 5.92. The number of nitrogens with zero attached hydrogens (tertiary/aromatic N) is 3. The Hall–Kier alpha value is -2.37. The van der Waals surface area contributed by atoms with Crippen LogP contribution in [0.25, 0.3) is 0 Å². The molecule has 0 spiro atoms. The van der Waals surface area contributed by atoms with Crippen molar-refractivity contribution < 1.29 is 9.53 Å². The summed E-state index contributed by atoms with van der Waals surface area (Å²) in [6, 6.07) is 8.04. The zero-order valence-corrected chi connectivity index (χ0v) is 15.2. The Morgan fingerprint density at radius 3 is 2.68 bits per heavy atom. The van der Waals surface area contributed by atoms with Gasteiger partial charge in [0.1, 0.15) is 5.75 Å². The molecule has 1 aromatic heterocycles. The van der Waals surface area contributed by atoms with Gasteiger partial charge in [0.15, 0.2) is 5.82 Å². The quantitative estimate of drug-likeness (QED) is 0.800. The van der Waals surface area contributed by atoms with Crippen molar-refractivity contribution in [1.82, 2.24) is 15.0 Å². The highest BCUT2D eigenvalue weighted by Gasteiger charge is 2.33. The summed E-state index contributed by atoms with van der Waals surface area (Å²) in [4.78, 5) is 12.3. The van der Waals surface area contributed by atoms with Crippen LogP contribution in [0.4, 0.5) is 5.82 Å². The van der Waals surface area contributed by atoms with E-state index in [1.165, 1.54) is 5.56 Å². The highest BCUT2D eigenvalue weighted by atomic mass is 16.5. The van der Waals surface area contributed by atoms with Crippen molar-refractivity contribution in [1.29, 1.82) is 0 Å². The summed E-state index contributed by atoms with van der Waals surface area (Å²) < 4.78 is 7.07. The molecule has 1 unspecified atom stereocenters. The average molecular weight is 342 g/mol. The SMILES string of the molecule is CCc1c(NC(=O)C(C)C2CC2)nnn1CCc1ccc(OC)cc1. The minimum atomic E-state index is 0.0501. The minimum Gasteiger partial charge on any atom is -0.497 e. The van der Waals surface area contributed by atoms with Crippen LogP contribution in [0.5, 0.6) is 5.75 Å². The smallest absolute Gasteiger partial charge is 0.228 e. The molecule has 1 aliphatic rings. The van der Waals surface area contributed by atoms with Gasteiger partial charge < -0.3 is 10.1 Å². The molecule has 1 N–H and O–H groups in total. The number of carbonyl (C=O) groups excluding carboxylic acids is 1. The number of rotatable bonds is 8. The van der Waals surface area contributed by atoms with Crippen LogP contribution in [0.1, 0.15) is 37.9 Å². The van der Waals surface area contributed by atoms with Gasteiger partial charge in [-0.2, -0.15) is 0 Å². The van der Waals surface area contributed by atoms with Crippen LogP contribution in [0, 0.1) is 11.8 Å². The molecule has 1 fully saturated rings. The van der Waals surface area contributed by atoms with Crippen molar-refractivity contribution in [3.05, 3.63) is 35.5 Å². The van der Waals surface area contributed by atoms with Crippen molar-refractivity contribution in [3.63, 3.8) is 0 Å². The number of benzene rings is 1. The molecule has 134 valence electrons. The fourth-order valence-electron chi connectivity index (χ4n) is 3.03. The van der Waals surface area contributed by atoms with Crippen LogP contribution in [0.15, 0.2) is 24.3 Å². The molecule has 1 amide bonds. The monoisotopic (exact) mass is 342 g/mol. The number of amides is 1. The van der Waals surface area contributed by atoms with Gasteiger partial charge in [0.05, 0.1) is 12.8 Å². The third-order valence-corrected chi connectivity index (χ3v) is 4.93. The zero-order chi connectivity index (χ0) is 17.8. The topological polar surface area (TPSA) is 69.0 Å². The van der Waals surface area contributed by atoms with E-state index in [4.69, 9.17) is 4.74 Å². The maximum atomic E-state index is 12.3. The lowest BCUT2D eigenvalue weighted by Gasteiger charge is -2.11. The number of aryl methyl sites for hydroxylation is 2. The molecule has 25 heavy (non-hydrogen) atoms. The Bertz CT molecular complexity index is 720. The lowest BCUT2D eigenvalue weighted by molar-refractivity contribution is -0.120. The van der Waals surface area contributed by atoms with Crippen LogP contribution in [0.3, 0.4) is 0 Å². The van der Waals surface area contributed by atoms with Gasteiger partial charge in [0, 0.05) is 12.5 Å².